The van der Waals surface area contributed by atoms with E-state index < -0.39 is 10.0 Å². The van der Waals surface area contributed by atoms with Crippen molar-refractivity contribution in [2.24, 2.45) is 0 Å². The number of hydrogen-bond donors (Lipinski definition) is 1. The third-order valence-electron chi connectivity index (χ3n) is 1.88. The quantitative estimate of drug-likeness (QED) is 0.876. The van der Waals surface area contributed by atoms with Gasteiger partial charge in [0.05, 0.1) is 11.2 Å². The van der Waals surface area contributed by atoms with Gasteiger partial charge in [0.15, 0.2) is 5.82 Å². The van der Waals surface area contributed by atoms with E-state index in [1.807, 2.05) is 0 Å². The average Bonchev–Trinajstić information content (AvgIpc) is 2.33. The molecule has 94 valence electrons. The number of nitrogens with one attached hydrogen (secondary N) is 1. The number of nitrogens with zero attached hydrogens (tertiary/aromatic N) is 3. The van der Waals surface area contributed by atoms with Gasteiger partial charge in [0.1, 0.15) is 10.0 Å². The van der Waals surface area contributed by atoms with Crippen LogP contribution in [0.5, 0.6) is 0 Å². The van der Waals surface area contributed by atoms with E-state index >= 15 is 0 Å². The molecule has 0 fully saturated rings. The average molecular weight is 305 g/mol. The van der Waals surface area contributed by atoms with Crippen molar-refractivity contribution < 1.29 is 8.42 Å². The summed E-state index contributed by atoms with van der Waals surface area (Å²) >= 11 is 11.3. The van der Waals surface area contributed by atoms with Gasteiger partial charge < -0.3 is 0 Å². The third-order valence-corrected chi connectivity index (χ3v) is 3.89. The van der Waals surface area contributed by atoms with Gasteiger partial charge in [-0.05, 0) is 6.07 Å². The molecular weight excluding hydrogens is 299 g/mol. The molecule has 0 saturated carbocycles. The topological polar surface area (TPSA) is 84.8 Å². The first kappa shape index (κ1) is 13.0. The molecule has 0 aliphatic rings. The molecule has 0 radical (unpaired) electrons. The third kappa shape index (κ3) is 2.87. The van der Waals surface area contributed by atoms with Crippen LogP contribution in [-0.4, -0.2) is 23.4 Å². The highest BCUT2D eigenvalue weighted by molar-refractivity contribution is 7.92. The van der Waals surface area contributed by atoms with Crippen molar-refractivity contribution in [2.45, 2.75) is 4.90 Å². The maximum atomic E-state index is 11.9. The fourth-order valence-corrected chi connectivity index (χ4v) is 2.40. The molecule has 6 nitrogen and oxygen atoms in total. The van der Waals surface area contributed by atoms with Crippen LogP contribution >= 0.6 is 23.2 Å². The minimum atomic E-state index is -3.81. The number of hydrogen-bond acceptors (Lipinski definition) is 5. The van der Waals surface area contributed by atoms with Crippen LogP contribution in [0, 0.1) is 0 Å². The van der Waals surface area contributed by atoms with Crippen molar-refractivity contribution in [1.82, 2.24) is 15.0 Å². The van der Waals surface area contributed by atoms with Crippen molar-refractivity contribution in [3.05, 3.63) is 41.0 Å². The molecule has 0 spiro atoms. The minimum absolute atomic E-state index is 0.0371. The molecule has 0 atom stereocenters. The Balaban J connectivity index is 2.34. The number of sulfonamides is 1. The molecule has 0 aromatic carbocycles. The van der Waals surface area contributed by atoms with Crippen LogP contribution in [0.3, 0.4) is 0 Å². The molecule has 2 heterocycles. The molecule has 2 rings (SSSR count). The lowest BCUT2D eigenvalue weighted by Crippen LogP contribution is -2.14. The van der Waals surface area contributed by atoms with Crippen LogP contribution in [0.25, 0.3) is 0 Å². The van der Waals surface area contributed by atoms with Gasteiger partial charge in [0.2, 0.25) is 0 Å². The first-order valence-corrected chi connectivity index (χ1v) is 6.83. The van der Waals surface area contributed by atoms with Gasteiger partial charge in [-0.25, -0.2) is 18.4 Å². The summed E-state index contributed by atoms with van der Waals surface area (Å²) in [5, 5.41) is 0.0915. The van der Waals surface area contributed by atoms with Crippen molar-refractivity contribution >= 4 is 39.0 Å². The standard InChI is InChI=1S/C9H6Cl2N4O2S/c10-7-3-6(4-14-9(7)11)18(16,17)15-8-5-12-1-2-13-8/h1-5H,(H,13,15). The molecule has 18 heavy (non-hydrogen) atoms. The van der Waals surface area contributed by atoms with Gasteiger partial charge in [-0.1, -0.05) is 23.2 Å². The minimum Gasteiger partial charge on any atom is -0.262 e. The van der Waals surface area contributed by atoms with Crippen LogP contribution in [0.15, 0.2) is 35.7 Å². The summed E-state index contributed by atoms with van der Waals surface area (Å²) in [6, 6.07) is 1.20. The van der Waals surface area contributed by atoms with Crippen molar-refractivity contribution in [2.75, 3.05) is 4.72 Å². The maximum absolute atomic E-state index is 11.9. The second kappa shape index (κ2) is 5.05. The lowest BCUT2D eigenvalue weighted by molar-refractivity contribution is 0.600. The summed E-state index contributed by atoms with van der Waals surface area (Å²) in [6.07, 6.45) is 5.18. The van der Waals surface area contributed by atoms with E-state index in [1.54, 1.807) is 0 Å². The SMILES string of the molecule is O=S(=O)(Nc1cnccn1)c1cnc(Cl)c(Cl)c1. The number of aromatic nitrogens is 3. The molecular formula is C9H6Cl2N4O2S. The molecule has 0 unspecified atom stereocenters. The maximum Gasteiger partial charge on any atom is 0.264 e. The Bertz CT molecular complexity index is 664. The van der Waals surface area contributed by atoms with Crippen LogP contribution in [0.2, 0.25) is 10.2 Å². The first-order valence-electron chi connectivity index (χ1n) is 4.59. The number of halogens is 2. The zero-order valence-electron chi connectivity index (χ0n) is 8.71. The largest absolute Gasteiger partial charge is 0.264 e. The van der Waals surface area contributed by atoms with Crippen molar-refractivity contribution in [3.63, 3.8) is 0 Å². The predicted molar refractivity (Wildman–Crippen MR) is 67.1 cm³/mol. The van der Waals surface area contributed by atoms with E-state index in [2.05, 4.69) is 19.7 Å². The summed E-state index contributed by atoms with van der Waals surface area (Å²) in [5.41, 5.74) is 0. The zero-order chi connectivity index (χ0) is 13.2. The first-order chi connectivity index (χ1) is 8.49. The van der Waals surface area contributed by atoms with Crippen LogP contribution < -0.4 is 4.72 Å². The van der Waals surface area contributed by atoms with Gasteiger partial charge in [-0.15, -0.1) is 0 Å². The fourth-order valence-electron chi connectivity index (χ4n) is 1.10. The molecule has 0 amide bonds. The number of pyridine rings is 1. The summed E-state index contributed by atoms with van der Waals surface area (Å²) in [6.45, 7) is 0. The van der Waals surface area contributed by atoms with Crippen molar-refractivity contribution in [1.29, 1.82) is 0 Å². The van der Waals surface area contributed by atoms with E-state index in [0.29, 0.717) is 0 Å². The second-order valence-electron chi connectivity index (χ2n) is 3.14. The Morgan fingerprint density at radius 2 is 1.89 bits per heavy atom. The fraction of sp³-hybridized carbons (Fsp3) is 0. The zero-order valence-corrected chi connectivity index (χ0v) is 11.0. The number of anilines is 1. The van der Waals surface area contributed by atoms with Gasteiger partial charge in [-0.3, -0.25) is 9.71 Å². The predicted octanol–water partition coefficient (Wildman–Crippen LogP) is 1.98. The summed E-state index contributed by atoms with van der Waals surface area (Å²) in [7, 11) is -3.81. The summed E-state index contributed by atoms with van der Waals surface area (Å²) in [5.74, 6) is 0.101. The Hall–Kier alpha value is -1.44. The molecule has 2 aromatic rings. The van der Waals surface area contributed by atoms with E-state index in [0.717, 1.165) is 6.20 Å². The highest BCUT2D eigenvalue weighted by Gasteiger charge is 2.17. The molecule has 0 aliphatic heterocycles. The molecule has 0 aliphatic carbocycles. The van der Waals surface area contributed by atoms with Crippen LogP contribution in [-0.2, 0) is 10.0 Å². The second-order valence-corrected chi connectivity index (χ2v) is 5.59. The lowest BCUT2D eigenvalue weighted by atomic mass is 10.5. The highest BCUT2D eigenvalue weighted by Crippen LogP contribution is 2.23. The Labute approximate surface area is 113 Å². The van der Waals surface area contributed by atoms with Crippen LogP contribution in [0.4, 0.5) is 5.82 Å². The molecule has 1 N–H and O–H groups in total. The van der Waals surface area contributed by atoms with Gasteiger partial charge in [0, 0.05) is 18.6 Å². The highest BCUT2D eigenvalue weighted by atomic mass is 35.5. The molecule has 0 bridgehead atoms. The van der Waals surface area contributed by atoms with Gasteiger partial charge in [0.25, 0.3) is 10.0 Å². The number of rotatable bonds is 3. The van der Waals surface area contributed by atoms with Gasteiger partial charge >= 0.3 is 0 Å². The summed E-state index contributed by atoms with van der Waals surface area (Å²) < 4.78 is 26.1. The van der Waals surface area contributed by atoms with E-state index in [-0.39, 0.29) is 20.9 Å². The van der Waals surface area contributed by atoms with E-state index in [9.17, 15) is 8.42 Å². The normalized spacial score (nSPS) is 11.2. The van der Waals surface area contributed by atoms with E-state index in [1.165, 1.54) is 24.7 Å². The van der Waals surface area contributed by atoms with E-state index in [4.69, 9.17) is 23.2 Å². The van der Waals surface area contributed by atoms with Crippen LogP contribution in [0.1, 0.15) is 0 Å². The molecule has 9 heteroatoms. The lowest BCUT2D eigenvalue weighted by Gasteiger charge is -2.06. The molecule has 0 saturated heterocycles. The Kier molecular flexibility index (Phi) is 3.65. The monoisotopic (exact) mass is 304 g/mol. The molecule has 2 aromatic heterocycles. The summed E-state index contributed by atoms with van der Waals surface area (Å²) in [4.78, 5) is 11.1. The van der Waals surface area contributed by atoms with Crippen molar-refractivity contribution in [3.8, 4) is 0 Å². The smallest absolute Gasteiger partial charge is 0.262 e. The van der Waals surface area contributed by atoms with Gasteiger partial charge in [-0.2, -0.15) is 0 Å². The Morgan fingerprint density at radius 3 is 2.50 bits per heavy atom. The Morgan fingerprint density at radius 1 is 1.11 bits per heavy atom.